The molecule has 2 nitrogen and oxygen atoms in total. The lowest BCUT2D eigenvalue weighted by Crippen LogP contribution is -2.50. The lowest BCUT2D eigenvalue weighted by Gasteiger charge is -2.46. The zero-order chi connectivity index (χ0) is 19.7. The average molecular weight is 371 g/mol. The van der Waals surface area contributed by atoms with Gasteiger partial charge in [-0.1, -0.05) is 59.7 Å². The van der Waals surface area contributed by atoms with Gasteiger partial charge in [0, 0.05) is 37.9 Å². The molecule has 0 radical (unpaired) electrons. The molecule has 1 aliphatic carbocycles. The van der Waals surface area contributed by atoms with Gasteiger partial charge >= 0.3 is 0 Å². The molecular weight excluding hydrogens is 328 g/mol. The van der Waals surface area contributed by atoms with Crippen LogP contribution in [0.4, 0.5) is 5.69 Å². The zero-order valence-electron chi connectivity index (χ0n) is 18.7. The highest BCUT2D eigenvalue weighted by molar-refractivity contribution is 5.56. The molecule has 2 aliphatic rings. The van der Waals surface area contributed by atoms with Crippen molar-refractivity contribution in [2.24, 2.45) is 10.8 Å². The van der Waals surface area contributed by atoms with Crippen LogP contribution in [0, 0.1) is 10.8 Å². The summed E-state index contributed by atoms with van der Waals surface area (Å²) in [5, 5.41) is 0. The molecule has 3 rings (SSSR count). The molecule has 1 aliphatic heterocycles. The summed E-state index contributed by atoms with van der Waals surface area (Å²) in [5.41, 5.74) is 4.00. The second kappa shape index (κ2) is 8.15. The van der Waals surface area contributed by atoms with Gasteiger partial charge < -0.3 is 4.90 Å². The van der Waals surface area contributed by atoms with Crippen molar-refractivity contribution in [3.63, 3.8) is 0 Å². The predicted molar refractivity (Wildman–Crippen MR) is 119 cm³/mol. The summed E-state index contributed by atoms with van der Waals surface area (Å²) in [4.78, 5) is 5.38. The Kier molecular flexibility index (Phi) is 6.25. The van der Waals surface area contributed by atoms with Crippen molar-refractivity contribution in [2.45, 2.75) is 85.6 Å². The predicted octanol–water partition coefficient (Wildman–Crippen LogP) is 6.32. The van der Waals surface area contributed by atoms with E-state index in [2.05, 4.69) is 75.6 Å². The van der Waals surface area contributed by atoms with Gasteiger partial charge in [-0.15, -0.1) is 0 Å². The number of hydrogen-bond donors (Lipinski definition) is 0. The number of nitrogens with zero attached hydrogens (tertiary/aromatic N) is 2. The van der Waals surface area contributed by atoms with Crippen LogP contribution < -0.4 is 4.90 Å². The molecule has 1 aromatic carbocycles. The molecule has 1 heterocycles. The number of piperazine rings is 1. The highest BCUT2D eigenvalue weighted by Gasteiger charge is 2.39. The Labute approximate surface area is 168 Å². The minimum Gasteiger partial charge on any atom is -0.369 e. The molecule has 0 atom stereocenters. The third kappa shape index (κ3) is 4.88. The first-order valence-corrected chi connectivity index (χ1v) is 11.3. The Hall–Kier alpha value is -1.02. The van der Waals surface area contributed by atoms with Gasteiger partial charge in [-0.3, -0.25) is 4.90 Å². The monoisotopic (exact) mass is 370 g/mol. The topological polar surface area (TPSA) is 6.48 Å². The fourth-order valence-corrected chi connectivity index (χ4v) is 6.32. The van der Waals surface area contributed by atoms with Crippen molar-refractivity contribution >= 4 is 5.69 Å². The summed E-state index contributed by atoms with van der Waals surface area (Å²) < 4.78 is 0. The standard InChI is InChI=1S/C25H42N2/c1-7-21(8-2)26-13-15-27(16-14-26)23-12-10-9-11-22(23)20-17-24(3,4)19-25(5,6)18-20/h9-12,20-21H,7-8,13-19H2,1-6H3. The van der Waals surface area contributed by atoms with Gasteiger partial charge in [0.2, 0.25) is 0 Å². The van der Waals surface area contributed by atoms with Gasteiger partial charge in [0.1, 0.15) is 0 Å². The first kappa shape index (κ1) is 20.7. The summed E-state index contributed by atoms with van der Waals surface area (Å²) in [6, 6.07) is 10.1. The van der Waals surface area contributed by atoms with E-state index in [1.807, 2.05) is 0 Å². The summed E-state index contributed by atoms with van der Waals surface area (Å²) in [5.74, 6) is 0.692. The van der Waals surface area contributed by atoms with E-state index in [1.54, 1.807) is 5.56 Å². The van der Waals surface area contributed by atoms with Gasteiger partial charge in [0.05, 0.1) is 0 Å². The van der Waals surface area contributed by atoms with E-state index < -0.39 is 0 Å². The van der Waals surface area contributed by atoms with Crippen molar-refractivity contribution in [2.75, 3.05) is 31.1 Å². The smallest absolute Gasteiger partial charge is 0.0402 e. The summed E-state index contributed by atoms with van der Waals surface area (Å²) >= 11 is 0. The maximum atomic E-state index is 2.71. The third-order valence-corrected chi connectivity index (χ3v) is 7.05. The molecular formula is C25H42N2. The van der Waals surface area contributed by atoms with Crippen LogP contribution >= 0.6 is 0 Å². The molecule has 0 bridgehead atoms. The number of benzene rings is 1. The fraction of sp³-hybridized carbons (Fsp3) is 0.760. The number of anilines is 1. The van der Waals surface area contributed by atoms with Crippen LogP contribution in [0.1, 0.15) is 85.1 Å². The van der Waals surface area contributed by atoms with Crippen LogP contribution in [-0.2, 0) is 0 Å². The third-order valence-electron chi connectivity index (χ3n) is 7.05. The normalized spacial score (nSPS) is 23.7. The largest absolute Gasteiger partial charge is 0.369 e. The maximum absolute atomic E-state index is 2.71. The lowest BCUT2D eigenvalue weighted by atomic mass is 9.60. The Morgan fingerprint density at radius 2 is 1.44 bits per heavy atom. The van der Waals surface area contributed by atoms with E-state index in [9.17, 15) is 0 Å². The number of para-hydroxylation sites is 1. The first-order valence-electron chi connectivity index (χ1n) is 11.3. The highest BCUT2D eigenvalue weighted by atomic mass is 15.3. The van der Waals surface area contributed by atoms with E-state index in [4.69, 9.17) is 0 Å². The second-order valence-corrected chi connectivity index (χ2v) is 10.7. The van der Waals surface area contributed by atoms with Crippen LogP contribution in [-0.4, -0.2) is 37.1 Å². The summed E-state index contributed by atoms with van der Waals surface area (Å²) in [6.07, 6.45) is 6.54. The van der Waals surface area contributed by atoms with E-state index in [0.29, 0.717) is 16.7 Å². The fourth-order valence-electron chi connectivity index (χ4n) is 6.32. The minimum absolute atomic E-state index is 0.438. The quantitative estimate of drug-likeness (QED) is 0.598. The zero-order valence-corrected chi connectivity index (χ0v) is 18.7. The van der Waals surface area contributed by atoms with Gasteiger partial charge in [-0.05, 0) is 60.5 Å². The van der Waals surface area contributed by atoms with Crippen LogP contribution in [0.25, 0.3) is 0 Å². The average Bonchev–Trinajstić information content (AvgIpc) is 2.61. The molecule has 152 valence electrons. The number of hydrogen-bond acceptors (Lipinski definition) is 2. The van der Waals surface area contributed by atoms with Gasteiger partial charge in [-0.2, -0.15) is 0 Å². The molecule has 0 amide bonds. The Morgan fingerprint density at radius 3 is 2.00 bits per heavy atom. The van der Waals surface area contributed by atoms with Gasteiger partial charge in [0.25, 0.3) is 0 Å². The molecule has 0 spiro atoms. The first-order chi connectivity index (χ1) is 12.7. The minimum atomic E-state index is 0.438. The van der Waals surface area contributed by atoms with E-state index in [1.165, 1.54) is 64.0 Å². The van der Waals surface area contributed by atoms with Gasteiger partial charge in [-0.25, -0.2) is 0 Å². The maximum Gasteiger partial charge on any atom is 0.0402 e. The van der Waals surface area contributed by atoms with Crippen molar-refractivity contribution < 1.29 is 0 Å². The SMILES string of the molecule is CCC(CC)N1CCN(c2ccccc2C2CC(C)(C)CC(C)(C)C2)CC1. The molecule has 1 saturated heterocycles. The highest BCUT2D eigenvalue weighted by Crippen LogP contribution is 2.53. The van der Waals surface area contributed by atoms with E-state index >= 15 is 0 Å². The van der Waals surface area contributed by atoms with Crippen LogP contribution in [0.15, 0.2) is 24.3 Å². The van der Waals surface area contributed by atoms with Crippen molar-refractivity contribution in [3.05, 3.63) is 29.8 Å². The molecule has 0 aromatic heterocycles. The summed E-state index contributed by atoms with van der Waals surface area (Å²) in [7, 11) is 0. The molecule has 2 heteroatoms. The van der Waals surface area contributed by atoms with E-state index in [-0.39, 0.29) is 0 Å². The molecule has 27 heavy (non-hydrogen) atoms. The molecule has 2 fully saturated rings. The Bertz CT molecular complexity index is 591. The van der Waals surface area contributed by atoms with Gasteiger partial charge in [0.15, 0.2) is 0 Å². The Balaban J connectivity index is 1.77. The number of rotatable bonds is 5. The Morgan fingerprint density at radius 1 is 0.889 bits per heavy atom. The second-order valence-electron chi connectivity index (χ2n) is 10.7. The summed E-state index contributed by atoms with van der Waals surface area (Å²) in [6.45, 7) is 19.3. The van der Waals surface area contributed by atoms with Crippen LogP contribution in [0.5, 0.6) is 0 Å². The van der Waals surface area contributed by atoms with Crippen molar-refractivity contribution in [1.82, 2.24) is 4.90 Å². The van der Waals surface area contributed by atoms with E-state index in [0.717, 1.165) is 6.04 Å². The van der Waals surface area contributed by atoms with Crippen LogP contribution in [0.2, 0.25) is 0 Å². The van der Waals surface area contributed by atoms with Crippen molar-refractivity contribution in [3.8, 4) is 0 Å². The van der Waals surface area contributed by atoms with Crippen LogP contribution in [0.3, 0.4) is 0 Å². The molecule has 1 aromatic rings. The molecule has 0 N–H and O–H groups in total. The molecule has 0 unspecified atom stereocenters. The lowest BCUT2D eigenvalue weighted by molar-refractivity contribution is 0.0969. The van der Waals surface area contributed by atoms with Crippen molar-refractivity contribution in [1.29, 1.82) is 0 Å². The molecule has 1 saturated carbocycles.